The Labute approximate surface area is 141 Å². The molecule has 0 fully saturated rings. The Morgan fingerprint density at radius 1 is 1.25 bits per heavy atom. The van der Waals surface area contributed by atoms with Gasteiger partial charge in [0.15, 0.2) is 0 Å². The average molecular weight is 352 g/mol. The Bertz CT molecular complexity index is 732. The first-order valence-corrected chi connectivity index (χ1v) is 8.85. The van der Waals surface area contributed by atoms with Gasteiger partial charge in [0.05, 0.1) is 17.2 Å². The van der Waals surface area contributed by atoms with Crippen molar-refractivity contribution in [2.24, 2.45) is 5.10 Å². The topological polar surface area (TPSA) is 112 Å². The van der Waals surface area contributed by atoms with Crippen molar-refractivity contribution in [2.75, 3.05) is 25.1 Å². The van der Waals surface area contributed by atoms with Crippen molar-refractivity contribution in [1.29, 1.82) is 5.26 Å². The Hall–Kier alpha value is -2.44. The van der Waals surface area contributed by atoms with Crippen molar-refractivity contribution in [1.82, 2.24) is 4.31 Å². The number of hydrazone groups is 1. The predicted molar refractivity (Wildman–Crippen MR) is 89.9 cm³/mol. The van der Waals surface area contributed by atoms with Crippen molar-refractivity contribution in [3.8, 4) is 6.07 Å². The molecule has 9 heteroatoms. The van der Waals surface area contributed by atoms with Crippen LogP contribution in [0.1, 0.15) is 20.8 Å². The summed E-state index contributed by atoms with van der Waals surface area (Å²) in [5, 5.41) is 12.5. The number of sulfonamides is 1. The van der Waals surface area contributed by atoms with Gasteiger partial charge in [-0.15, -0.1) is 0 Å². The van der Waals surface area contributed by atoms with E-state index in [1.807, 2.05) is 0 Å². The molecule has 0 aliphatic carbocycles. The first kappa shape index (κ1) is 19.6. The van der Waals surface area contributed by atoms with Crippen LogP contribution in [0.15, 0.2) is 34.3 Å². The number of nitrogens with zero attached hydrogens (tertiary/aromatic N) is 3. The minimum atomic E-state index is -3.53. The fraction of sp³-hybridized carbons (Fsp3) is 0.400. The van der Waals surface area contributed by atoms with Crippen molar-refractivity contribution in [3.05, 3.63) is 24.3 Å². The number of ether oxygens (including phenoxy) is 1. The van der Waals surface area contributed by atoms with E-state index < -0.39 is 21.7 Å². The third kappa shape index (κ3) is 4.78. The highest BCUT2D eigenvalue weighted by molar-refractivity contribution is 7.89. The van der Waals surface area contributed by atoms with Gasteiger partial charge in [-0.05, 0) is 31.2 Å². The molecule has 0 amide bonds. The van der Waals surface area contributed by atoms with Crippen LogP contribution >= 0.6 is 0 Å². The molecule has 0 saturated carbocycles. The lowest BCUT2D eigenvalue weighted by atomic mass is 10.3. The third-order valence-electron chi connectivity index (χ3n) is 3.07. The van der Waals surface area contributed by atoms with E-state index in [4.69, 9.17) is 5.26 Å². The zero-order valence-electron chi connectivity index (χ0n) is 13.8. The number of anilines is 1. The van der Waals surface area contributed by atoms with Crippen LogP contribution in [0.2, 0.25) is 0 Å². The lowest BCUT2D eigenvalue weighted by molar-refractivity contribution is -0.134. The Balaban J connectivity index is 2.93. The largest absolute Gasteiger partial charge is 0.461 e. The average Bonchev–Trinajstić information content (AvgIpc) is 2.57. The molecule has 1 aromatic rings. The number of nitriles is 1. The maximum atomic E-state index is 12.4. The van der Waals surface area contributed by atoms with Gasteiger partial charge in [-0.3, -0.25) is 5.43 Å². The summed E-state index contributed by atoms with van der Waals surface area (Å²) < 4.78 is 30.7. The number of carbonyl (C=O) groups excluding carboxylic acids is 1. The summed E-state index contributed by atoms with van der Waals surface area (Å²) in [6.45, 7) is 6.06. The molecule has 0 radical (unpaired) electrons. The Kier molecular flexibility index (Phi) is 7.35. The molecular formula is C15H20N4O4S. The molecule has 0 heterocycles. The minimum Gasteiger partial charge on any atom is -0.461 e. The minimum absolute atomic E-state index is 0.136. The van der Waals surface area contributed by atoms with Crippen LogP contribution < -0.4 is 5.43 Å². The highest BCUT2D eigenvalue weighted by Crippen LogP contribution is 2.18. The number of nitrogens with one attached hydrogen (secondary N) is 1. The second kappa shape index (κ2) is 9.00. The maximum Gasteiger partial charge on any atom is 0.369 e. The molecule has 0 aliphatic rings. The zero-order chi connectivity index (χ0) is 18.2. The van der Waals surface area contributed by atoms with Gasteiger partial charge in [0, 0.05) is 13.1 Å². The van der Waals surface area contributed by atoms with Crippen LogP contribution in [0.5, 0.6) is 0 Å². The van der Waals surface area contributed by atoms with Crippen LogP contribution in [0, 0.1) is 11.3 Å². The van der Waals surface area contributed by atoms with Crippen LogP contribution in [-0.2, 0) is 19.6 Å². The number of hydrogen-bond donors (Lipinski definition) is 1. The second-order valence-corrected chi connectivity index (χ2v) is 6.46. The highest BCUT2D eigenvalue weighted by atomic mass is 32.2. The first-order valence-electron chi connectivity index (χ1n) is 7.41. The molecule has 0 spiro atoms. The number of rotatable bonds is 8. The number of esters is 1. The van der Waals surface area contributed by atoms with Gasteiger partial charge in [0.25, 0.3) is 0 Å². The van der Waals surface area contributed by atoms with E-state index in [9.17, 15) is 13.2 Å². The van der Waals surface area contributed by atoms with Gasteiger partial charge in [-0.2, -0.15) is 14.7 Å². The summed E-state index contributed by atoms with van der Waals surface area (Å²) in [6.07, 6.45) is 0. The Morgan fingerprint density at radius 2 is 1.83 bits per heavy atom. The van der Waals surface area contributed by atoms with Crippen LogP contribution in [0.4, 0.5) is 5.69 Å². The second-order valence-electron chi connectivity index (χ2n) is 4.52. The van der Waals surface area contributed by atoms with Gasteiger partial charge >= 0.3 is 5.97 Å². The van der Waals surface area contributed by atoms with Gasteiger partial charge < -0.3 is 4.74 Å². The van der Waals surface area contributed by atoms with E-state index in [0.717, 1.165) is 0 Å². The summed E-state index contributed by atoms with van der Waals surface area (Å²) in [5.74, 6) is -0.826. The van der Waals surface area contributed by atoms with Crippen molar-refractivity contribution < 1.29 is 17.9 Å². The van der Waals surface area contributed by atoms with E-state index >= 15 is 0 Å². The van der Waals surface area contributed by atoms with E-state index in [0.29, 0.717) is 18.8 Å². The molecule has 1 aromatic carbocycles. The van der Waals surface area contributed by atoms with Gasteiger partial charge in [-0.1, -0.05) is 13.8 Å². The van der Waals surface area contributed by atoms with Gasteiger partial charge in [-0.25, -0.2) is 13.2 Å². The highest BCUT2D eigenvalue weighted by Gasteiger charge is 2.21. The SMILES string of the molecule is CCOC(=O)/C(C#N)=N/Nc1ccc(S(=O)(=O)N(CC)CC)cc1. The molecule has 130 valence electrons. The van der Waals surface area contributed by atoms with Crippen molar-refractivity contribution >= 4 is 27.4 Å². The monoisotopic (exact) mass is 352 g/mol. The smallest absolute Gasteiger partial charge is 0.369 e. The van der Waals surface area contributed by atoms with Crippen molar-refractivity contribution in [2.45, 2.75) is 25.7 Å². The molecule has 0 aliphatic heterocycles. The van der Waals surface area contributed by atoms with Crippen LogP contribution in [0.25, 0.3) is 0 Å². The summed E-state index contributed by atoms with van der Waals surface area (Å²) in [5.41, 5.74) is 2.54. The summed E-state index contributed by atoms with van der Waals surface area (Å²) in [7, 11) is -3.53. The molecular weight excluding hydrogens is 332 g/mol. The first-order chi connectivity index (χ1) is 11.4. The van der Waals surface area contributed by atoms with E-state index in [1.165, 1.54) is 28.6 Å². The maximum absolute atomic E-state index is 12.4. The summed E-state index contributed by atoms with van der Waals surface area (Å²) in [4.78, 5) is 11.6. The molecule has 0 aromatic heterocycles. The zero-order valence-corrected chi connectivity index (χ0v) is 14.6. The quantitative estimate of drug-likeness (QED) is 0.432. The summed E-state index contributed by atoms with van der Waals surface area (Å²) >= 11 is 0. The molecule has 0 unspecified atom stereocenters. The van der Waals surface area contributed by atoms with E-state index in [-0.39, 0.29) is 11.5 Å². The lowest BCUT2D eigenvalue weighted by Gasteiger charge is -2.18. The standard InChI is InChI=1S/C15H20N4O4S/c1-4-19(5-2)24(21,22)13-9-7-12(8-10-13)17-18-14(11-16)15(20)23-6-3/h7-10,17H,4-6H2,1-3H3/b18-14+. The fourth-order valence-corrected chi connectivity index (χ4v) is 3.31. The normalized spacial score (nSPS) is 11.9. The number of hydrogen-bond acceptors (Lipinski definition) is 7. The lowest BCUT2D eigenvalue weighted by Crippen LogP contribution is -2.30. The van der Waals surface area contributed by atoms with Gasteiger partial charge in [0.1, 0.15) is 6.07 Å². The predicted octanol–water partition coefficient (Wildman–Crippen LogP) is 1.57. The van der Waals surface area contributed by atoms with Gasteiger partial charge in [0.2, 0.25) is 15.7 Å². The third-order valence-corrected chi connectivity index (χ3v) is 5.13. The van der Waals surface area contributed by atoms with Crippen LogP contribution in [0.3, 0.4) is 0 Å². The van der Waals surface area contributed by atoms with Crippen molar-refractivity contribution in [3.63, 3.8) is 0 Å². The molecule has 0 bridgehead atoms. The molecule has 1 rings (SSSR count). The number of carbonyl (C=O) groups is 1. The fourth-order valence-electron chi connectivity index (χ4n) is 1.85. The molecule has 0 atom stereocenters. The summed E-state index contributed by atoms with van der Waals surface area (Å²) in [6, 6.07) is 7.50. The van der Waals surface area contributed by atoms with E-state index in [1.54, 1.807) is 26.8 Å². The number of benzene rings is 1. The molecule has 1 N–H and O–H groups in total. The molecule has 0 saturated heterocycles. The van der Waals surface area contributed by atoms with Crippen LogP contribution in [-0.4, -0.2) is 44.1 Å². The Morgan fingerprint density at radius 3 is 2.29 bits per heavy atom. The molecule has 8 nitrogen and oxygen atoms in total. The molecule has 24 heavy (non-hydrogen) atoms. The van der Waals surface area contributed by atoms with E-state index in [2.05, 4.69) is 15.3 Å².